The Labute approximate surface area is 159 Å². The number of rotatable bonds is 8. The van der Waals surface area contributed by atoms with Crippen molar-refractivity contribution in [3.8, 4) is 11.5 Å². The van der Waals surface area contributed by atoms with Crippen molar-refractivity contribution in [1.82, 2.24) is 4.72 Å². The molecule has 0 aliphatic heterocycles. The van der Waals surface area contributed by atoms with Gasteiger partial charge in [-0.05, 0) is 56.7 Å². The van der Waals surface area contributed by atoms with Gasteiger partial charge in [-0.2, -0.15) is 4.72 Å². The van der Waals surface area contributed by atoms with E-state index in [-0.39, 0.29) is 4.90 Å². The van der Waals surface area contributed by atoms with Crippen molar-refractivity contribution in [2.24, 2.45) is 0 Å². The van der Waals surface area contributed by atoms with Crippen LogP contribution in [0, 0.1) is 6.92 Å². The molecule has 1 amide bonds. The van der Waals surface area contributed by atoms with Gasteiger partial charge in [0.2, 0.25) is 15.9 Å². The molecule has 2 aromatic rings. The van der Waals surface area contributed by atoms with E-state index in [4.69, 9.17) is 9.47 Å². The van der Waals surface area contributed by atoms with Crippen LogP contribution in [0.25, 0.3) is 0 Å². The van der Waals surface area contributed by atoms with Crippen molar-refractivity contribution < 1.29 is 22.7 Å². The van der Waals surface area contributed by atoms with Crippen molar-refractivity contribution in [1.29, 1.82) is 0 Å². The first kappa shape index (κ1) is 20.7. The van der Waals surface area contributed by atoms with Crippen LogP contribution in [0.1, 0.15) is 19.4 Å². The van der Waals surface area contributed by atoms with Crippen LogP contribution in [0.4, 0.5) is 5.69 Å². The van der Waals surface area contributed by atoms with Gasteiger partial charge in [-0.3, -0.25) is 4.79 Å². The number of methoxy groups -OCH3 is 1. The van der Waals surface area contributed by atoms with Crippen molar-refractivity contribution in [3.05, 3.63) is 48.0 Å². The molecule has 7 nitrogen and oxygen atoms in total. The van der Waals surface area contributed by atoms with Gasteiger partial charge in [0.05, 0.1) is 30.3 Å². The Morgan fingerprint density at radius 1 is 1.15 bits per heavy atom. The quantitative estimate of drug-likeness (QED) is 0.720. The van der Waals surface area contributed by atoms with E-state index in [0.717, 1.165) is 0 Å². The third kappa shape index (κ3) is 5.21. The molecule has 8 heteroatoms. The zero-order valence-electron chi connectivity index (χ0n) is 15.8. The van der Waals surface area contributed by atoms with E-state index in [9.17, 15) is 13.2 Å². The van der Waals surface area contributed by atoms with Gasteiger partial charge in [0.25, 0.3) is 0 Å². The number of ether oxygens (including phenoxy) is 2. The maximum atomic E-state index is 12.6. The molecular formula is C19H24N2O5S. The normalized spacial score (nSPS) is 12.3. The number of carbonyl (C=O) groups excluding carboxylic acids is 1. The number of sulfonamides is 1. The molecule has 1 atom stereocenters. The second kappa shape index (κ2) is 8.88. The van der Waals surface area contributed by atoms with Crippen LogP contribution in [-0.4, -0.2) is 34.1 Å². The molecule has 0 fully saturated rings. The smallest absolute Gasteiger partial charge is 0.242 e. The number of amides is 1. The Bertz CT molecular complexity index is 912. The first-order valence-electron chi connectivity index (χ1n) is 8.48. The third-order valence-corrected chi connectivity index (χ3v) is 5.38. The van der Waals surface area contributed by atoms with Crippen LogP contribution in [0.5, 0.6) is 11.5 Å². The van der Waals surface area contributed by atoms with E-state index >= 15 is 0 Å². The number of para-hydroxylation sites is 2. The van der Waals surface area contributed by atoms with Crippen LogP contribution in [0.15, 0.2) is 47.4 Å². The molecule has 2 rings (SSSR count). The Kier molecular flexibility index (Phi) is 6.81. The second-order valence-corrected chi connectivity index (χ2v) is 7.61. The topological polar surface area (TPSA) is 93.7 Å². The molecule has 2 N–H and O–H groups in total. The van der Waals surface area contributed by atoms with Gasteiger partial charge in [-0.15, -0.1) is 0 Å². The van der Waals surface area contributed by atoms with E-state index in [1.54, 1.807) is 37.3 Å². The first-order chi connectivity index (χ1) is 12.8. The highest BCUT2D eigenvalue weighted by Crippen LogP contribution is 2.24. The van der Waals surface area contributed by atoms with E-state index in [1.165, 1.54) is 26.2 Å². The molecule has 146 valence electrons. The molecular weight excluding hydrogens is 368 g/mol. The van der Waals surface area contributed by atoms with Crippen molar-refractivity contribution in [2.75, 3.05) is 19.0 Å². The van der Waals surface area contributed by atoms with Crippen molar-refractivity contribution in [3.63, 3.8) is 0 Å². The lowest BCUT2D eigenvalue weighted by Crippen LogP contribution is -2.41. The fourth-order valence-electron chi connectivity index (χ4n) is 2.46. The second-order valence-electron chi connectivity index (χ2n) is 5.89. The number of hydrogen-bond donors (Lipinski definition) is 2. The third-order valence-electron chi connectivity index (χ3n) is 3.85. The van der Waals surface area contributed by atoms with Gasteiger partial charge in [0.15, 0.2) is 0 Å². The highest BCUT2D eigenvalue weighted by Gasteiger charge is 2.23. The van der Waals surface area contributed by atoms with Crippen molar-refractivity contribution >= 4 is 21.6 Å². The lowest BCUT2D eigenvalue weighted by molar-refractivity contribution is -0.117. The Balaban J connectivity index is 2.12. The van der Waals surface area contributed by atoms with Crippen molar-refractivity contribution in [2.45, 2.75) is 31.7 Å². The van der Waals surface area contributed by atoms with Crippen LogP contribution < -0.4 is 19.5 Å². The number of carbonyl (C=O) groups is 1. The minimum absolute atomic E-state index is 0.0650. The number of anilines is 1. The van der Waals surface area contributed by atoms with E-state index in [0.29, 0.717) is 29.4 Å². The molecule has 0 aliphatic rings. The predicted octanol–water partition coefficient (Wildman–Crippen LogP) is 2.71. The monoisotopic (exact) mass is 392 g/mol. The molecule has 0 heterocycles. The first-order valence-corrected chi connectivity index (χ1v) is 9.96. The molecule has 2 aromatic carbocycles. The zero-order chi connectivity index (χ0) is 20.0. The molecule has 0 saturated heterocycles. The summed E-state index contributed by atoms with van der Waals surface area (Å²) in [5.74, 6) is 0.623. The van der Waals surface area contributed by atoms with Crippen LogP contribution in [0.2, 0.25) is 0 Å². The summed E-state index contributed by atoms with van der Waals surface area (Å²) in [4.78, 5) is 12.5. The summed E-state index contributed by atoms with van der Waals surface area (Å²) in [7, 11) is -2.35. The maximum Gasteiger partial charge on any atom is 0.242 e. The number of aryl methyl sites for hydroxylation is 1. The standard InChI is InChI=1S/C19H24N2O5S/c1-5-26-18-9-7-6-8-16(18)20-19(22)14(3)21-27(23,24)15-10-11-17(25-4)13(2)12-15/h6-12,14,21H,5H2,1-4H3,(H,20,22)/t14-/m0/s1. The highest BCUT2D eigenvalue weighted by atomic mass is 32.2. The van der Waals surface area contributed by atoms with Gasteiger partial charge in [-0.25, -0.2) is 8.42 Å². The summed E-state index contributed by atoms with van der Waals surface area (Å²) in [5, 5.41) is 2.69. The molecule has 27 heavy (non-hydrogen) atoms. The predicted molar refractivity (Wildman–Crippen MR) is 104 cm³/mol. The Morgan fingerprint density at radius 2 is 1.85 bits per heavy atom. The fourth-order valence-corrected chi connectivity index (χ4v) is 3.75. The lowest BCUT2D eigenvalue weighted by Gasteiger charge is -2.17. The molecule has 0 saturated carbocycles. The molecule has 0 aliphatic carbocycles. The summed E-state index contributed by atoms with van der Waals surface area (Å²) in [6.07, 6.45) is 0. The molecule has 0 unspecified atom stereocenters. The molecule has 0 bridgehead atoms. The summed E-state index contributed by atoms with van der Waals surface area (Å²) >= 11 is 0. The average molecular weight is 392 g/mol. The average Bonchev–Trinajstić information content (AvgIpc) is 2.63. The van der Waals surface area contributed by atoms with E-state index in [1.807, 2.05) is 6.92 Å². The summed E-state index contributed by atoms with van der Waals surface area (Å²) in [6, 6.07) is 10.5. The highest BCUT2D eigenvalue weighted by molar-refractivity contribution is 7.89. The SMILES string of the molecule is CCOc1ccccc1NC(=O)[C@H](C)NS(=O)(=O)c1ccc(OC)c(C)c1. The van der Waals surface area contributed by atoms with Gasteiger partial charge in [-0.1, -0.05) is 12.1 Å². The molecule has 0 spiro atoms. The Morgan fingerprint density at radius 3 is 2.48 bits per heavy atom. The lowest BCUT2D eigenvalue weighted by atomic mass is 10.2. The van der Waals surface area contributed by atoms with Crippen LogP contribution in [-0.2, 0) is 14.8 Å². The van der Waals surface area contributed by atoms with E-state index < -0.39 is 22.0 Å². The maximum absolute atomic E-state index is 12.6. The number of benzene rings is 2. The minimum atomic E-state index is -3.86. The van der Waals surface area contributed by atoms with Crippen LogP contribution in [0.3, 0.4) is 0 Å². The summed E-state index contributed by atoms with van der Waals surface area (Å²) < 4.78 is 38.1. The Hall–Kier alpha value is -2.58. The van der Waals surface area contributed by atoms with E-state index in [2.05, 4.69) is 10.0 Å². The number of nitrogens with one attached hydrogen (secondary N) is 2. The molecule has 0 aromatic heterocycles. The molecule has 0 radical (unpaired) electrons. The largest absolute Gasteiger partial charge is 0.496 e. The number of hydrogen-bond acceptors (Lipinski definition) is 5. The fraction of sp³-hybridized carbons (Fsp3) is 0.316. The minimum Gasteiger partial charge on any atom is -0.496 e. The van der Waals surface area contributed by atoms with Gasteiger partial charge in [0, 0.05) is 0 Å². The zero-order valence-corrected chi connectivity index (χ0v) is 16.6. The van der Waals surface area contributed by atoms with Gasteiger partial charge >= 0.3 is 0 Å². The summed E-state index contributed by atoms with van der Waals surface area (Å²) in [5.41, 5.74) is 1.17. The van der Waals surface area contributed by atoms with Crippen LogP contribution >= 0.6 is 0 Å². The van der Waals surface area contributed by atoms with Gasteiger partial charge < -0.3 is 14.8 Å². The summed E-state index contributed by atoms with van der Waals surface area (Å²) in [6.45, 7) is 5.52. The van der Waals surface area contributed by atoms with Gasteiger partial charge in [0.1, 0.15) is 11.5 Å².